The molecule has 1 saturated heterocycles. The van der Waals surface area contributed by atoms with E-state index < -0.39 is 0 Å². The van der Waals surface area contributed by atoms with E-state index in [-0.39, 0.29) is 24.4 Å². The van der Waals surface area contributed by atoms with E-state index in [1.807, 2.05) is 29.2 Å². The molecule has 1 heterocycles. The van der Waals surface area contributed by atoms with E-state index in [0.29, 0.717) is 13.0 Å². The highest BCUT2D eigenvalue weighted by atomic mass is 79.9. The molecule has 1 aromatic carbocycles. The van der Waals surface area contributed by atoms with Crippen LogP contribution in [0.4, 0.5) is 0 Å². The summed E-state index contributed by atoms with van der Waals surface area (Å²) in [7, 11) is 0. The fourth-order valence-corrected chi connectivity index (χ4v) is 2.72. The third-order valence-corrected chi connectivity index (χ3v) is 4.02. The smallest absolute Gasteiger partial charge is 0.227 e. The topological polar surface area (TPSA) is 46.3 Å². The van der Waals surface area contributed by atoms with Gasteiger partial charge in [0.25, 0.3) is 0 Å². The van der Waals surface area contributed by atoms with Crippen molar-refractivity contribution in [1.82, 2.24) is 4.90 Å². The predicted octanol–water partition coefficient (Wildman–Crippen LogP) is 2.75. The van der Waals surface area contributed by atoms with Crippen molar-refractivity contribution in [3.05, 3.63) is 34.3 Å². The number of nitrogens with zero attached hydrogens (tertiary/aromatic N) is 1. The van der Waals surface area contributed by atoms with Gasteiger partial charge in [0.15, 0.2) is 0 Å². The van der Waals surface area contributed by atoms with Crippen LogP contribution in [-0.4, -0.2) is 29.9 Å². The number of benzene rings is 1. The summed E-state index contributed by atoms with van der Waals surface area (Å²) in [6.45, 7) is 1.43. The van der Waals surface area contributed by atoms with E-state index in [4.69, 9.17) is 5.73 Å². The van der Waals surface area contributed by atoms with Gasteiger partial charge in [0, 0.05) is 23.6 Å². The van der Waals surface area contributed by atoms with Crippen molar-refractivity contribution in [1.29, 1.82) is 0 Å². The molecule has 1 fully saturated rings. The van der Waals surface area contributed by atoms with Crippen LogP contribution in [0, 0.1) is 0 Å². The Morgan fingerprint density at radius 2 is 2.00 bits per heavy atom. The average molecular weight is 348 g/mol. The van der Waals surface area contributed by atoms with Gasteiger partial charge in [-0.2, -0.15) is 0 Å². The second-order valence-corrected chi connectivity index (χ2v) is 5.69. The Bertz CT molecular complexity index is 410. The number of halogens is 2. The van der Waals surface area contributed by atoms with E-state index in [0.717, 1.165) is 29.4 Å². The van der Waals surface area contributed by atoms with Crippen LogP contribution >= 0.6 is 28.3 Å². The van der Waals surface area contributed by atoms with Crippen LogP contribution in [0.5, 0.6) is 0 Å². The molecule has 2 rings (SSSR count). The molecular weight excluding hydrogens is 328 g/mol. The quantitative estimate of drug-likeness (QED) is 0.914. The summed E-state index contributed by atoms with van der Waals surface area (Å²) in [5.41, 5.74) is 6.80. The van der Waals surface area contributed by atoms with Gasteiger partial charge in [0.05, 0.1) is 6.42 Å². The second kappa shape index (κ2) is 7.88. The first-order chi connectivity index (χ1) is 8.70. The summed E-state index contributed by atoms with van der Waals surface area (Å²) >= 11 is 3.40. The van der Waals surface area contributed by atoms with Crippen LogP contribution in [-0.2, 0) is 11.2 Å². The second-order valence-electron chi connectivity index (χ2n) is 4.78. The minimum atomic E-state index is 0. The van der Waals surface area contributed by atoms with Crippen molar-refractivity contribution in [3.8, 4) is 0 Å². The molecule has 1 atom stereocenters. The Kier molecular flexibility index (Phi) is 6.83. The zero-order chi connectivity index (χ0) is 13.0. The highest BCUT2D eigenvalue weighted by Crippen LogP contribution is 2.18. The molecular formula is C14H20BrClN2O. The Hall–Kier alpha value is -0.580. The van der Waals surface area contributed by atoms with Gasteiger partial charge in [-0.25, -0.2) is 0 Å². The molecule has 1 amide bonds. The molecule has 0 bridgehead atoms. The zero-order valence-electron chi connectivity index (χ0n) is 10.8. The van der Waals surface area contributed by atoms with Crippen LogP contribution in [0.3, 0.4) is 0 Å². The molecule has 3 nitrogen and oxygen atoms in total. The molecule has 5 heteroatoms. The Morgan fingerprint density at radius 1 is 1.32 bits per heavy atom. The maximum atomic E-state index is 12.3. The fraction of sp³-hybridized carbons (Fsp3) is 0.500. The summed E-state index contributed by atoms with van der Waals surface area (Å²) in [5, 5.41) is 0. The monoisotopic (exact) mass is 346 g/mol. The van der Waals surface area contributed by atoms with Crippen LogP contribution in [0.25, 0.3) is 0 Å². The molecule has 0 aromatic heterocycles. The van der Waals surface area contributed by atoms with Gasteiger partial charge in [-0.05, 0) is 37.0 Å². The van der Waals surface area contributed by atoms with Crippen molar-refractivity contribution in [3.63, 3.8) is 0 Å². The molecule has 1 aromatic rings. The van der Waals surface area contributed by atoms with E-state index in [1.54, 1.807) is 0 Å². The SMILES string of the molecule is Cl.NCC1CCCCN1C(=O)Cc1ccc(Br)cc1. The number of carbonyl (C=O) groups is 1. The van der Waals surface area contributed by atoms with Gasteiger partial charge in [0.2, 0.25) is 5.91 Å². The molecule has 0 radical (unpaired) electrons. The van der Waals surface area contributed by atoms with Crippen molar-refractivity contribution < 1.29 is 4.79 Å². The van der Waals surface area contributed by atoms with E-state index in [1.165, 1.54) is 6.42 Å². The first kappa shape index (κ1) is 16.5. The lowest BCUT2D eigenvalue weighted by Crippen LogP contribution is -2.48. The summed E-state index contributed by atoms with van der Waals surface area (Å²) < 4.78 is 1.04. The number of rotatable bonds is 3. The number of amides is 1. The number of hydrogen-bond donors (Lipinski definition) is 1. The highest BCUT2D eigenvalue weighted by molar-refractivity contribution is 9.10. The number of carbonyl (C=O) groups excluding carboxylic acids is 1. The van der Waals surface area contributed by atoms with E-state index >= 15 is 0 Å². The van der Waals surface area contributed by atoms with Crippen molar-refractivity contribution in [2.45, 2.75) is 31.7 Å². The van der Waals surface area contributed by atoms with Crippen molar-refractivity contribution in [2.75, 3.05) is 13.1 Å². The van der Waals surface area contributed by atoms with E-state index in [2.05, 4.69) is 15.9 Å². The third kappa shape index (κ3) is 4.48. The van der Waals surface area contributed by atoms with Gasteiger partial charge < -0.3 is 10.6 Å². The minimum Gasteiger partial charge on any atom is -0.338 e. The summed E-state index contributed by atoms with van der Waals surface area (Å²) in [6, 6.07) is 8.16. The van der Waals surface area contributed by atoms with Gasteiger partial charge in [-0.3, -0.25) is 4.79 Å². The lowest BCUT2D eigenvalue weighted by Gasteiger charge is -2.35. The Balaban J connectivity index is 0.00000180. The van der Waals surface area contributed by atoms with Gasteiger partial charge in [-0.15, -0.1) is 12.4 Å². The number of piperidine rings is 1. The Morgan fingerprint density at radius 3 is 2.63 bits per heavy atom. The molecule has 1 aliphatic heterocycles. The lowest BCUT2D eigenvalue weighted by molar-refractivity contribution is -0.133. The molecule has 106 valence electrons. The largest absolute Gasteiger partial charge is 0.338 e. The van der Waals surface area contributed by atoms with Gasteiger partial charge >= 0.3 is 0 Å². The molecule has 1 unspecified atom stereocenters. The first-order valence-electron chi connectivity index (χ1n) is 6.44. The third-order valence-electron chi connectivity index (χ3n) is 3.49. The summed E-state index contributed by atoms with van der Waals surface area (Å²) in [6.07, 6.45) is 3.80. The standard InChI is InChI=1S/C14H19BrN2O.ClH/c15-12-6-4-11(5-7-12)9-14(18)17-8-2-1-3-13(17)10-16;/h4-7,13H,1-3,8-10,16H2;1H. The van der Waals surface area contributed by atoms with Crippen molar-refractivity contribution >= 4 is 34.2 Å². The number of likely N-dealkylation sites (tertiary alicyclic amines) is 1. The van der Waals surface area contributed by atoms with Gasteiger partial charge in [-0.1, -0.05) is 28.1 Å². The van der Waals surface area contributed by atoms with Gasteiger partial charge in [0.1, 0.15) is 0 Å². The highest BCUT2D eigenvalue weighted by Gasteiger charge is 2.25. The number of hydrogen-bond acceptors (Lipinski definition) is 2. The fourth-order valence-electron chi connectivity index (χ4n) is 2.45. The van der Waals surface area contributed by atoms with Crippen molar-refractivity contribution in [2.24, 2.45) is 5.73 Å². The molecule has 0 saturated carbocycles. The molecule has 0 spiro atoms. The zero-order valence-corrected chi connectivity index (χ0v) is 13.3. The molecule has 19 heavy (non-hydrogen) atoms. The first-order valence-corrected chi connectivity index (χ1v) is 7.24. The predicted molar refractivity (Wildman–Crippen MR) is 83.5 cm³/mol. The molecule has 2 N–H and O–H groups in total. The normalized spacial score (nSPS) is 18.8. The minimum absolute atomic E-state index is 0. The summed E-state index contributed by atoms with van der Waals surface area (Å²) in [5.74, 6) is 0.201. The lowest BCUT2D eigenvalue weighted by atomic mass is 10.0. The van der Waals surface area contributed by atoms with Crippen LogP contribution in [0.15, 0.2) is 28.7 Å². The average Bonchev–Trinajstić information content (AvgIpc) is 2.41. The van der Waals surface area contributed by atoms with E-state index in [9.17, 15) is 4.79 Å². The maximum Gasteiger partial charge on any atom is 0.227 e. The summed E-state index contributed by atoms with van der Waals surface area (Å²) in [4.78, 5) is 14.2. The Labute approximate surface area is 129 Å². The molecule has 0 aliphatic carbocycles. The van der Waals surface area contributed by atoms with Crippen LogP contribution in [0.1, 0.15) is 24.8 Å². The van der Waals surface area contributed by atoms with Crippen LogP contribution < -0.4 is 5.73 Å². The van der Waals surface area contributed by atoms with Crippen LogP contribution in [0.2, 0.25) is 0 Å². The number of nitrogens with two attached hydrogens (primary N) is 1. The molecule has 1 aliphatic rings. The maximum absolute atomic E-state index is 12.3.